The van der Waals surface area contributed by atoms with Gasteiger partial charge in [0.05, 0.1) is 57.6 Å². The lowest BCUT2D eigenvalue weighted by atomic mass is 9.92. The number of fused-ring (bicyclic) bond motifs is 1. The van der Waals surface area contributed by atoms with E-state index in [1.165, 1.54) is 18.9 Å². The molecule has 0 radical (unpaired) electrons. The van der Waals surface area contributed by atoms with Crippen LogP contribution >= 0.6 is 11.8 Å². The summed E-state index contributed by atoms with van der Waals surface area (Å²) in [6.45, 7) is 4.95. The van der Waals surface area contributed by atoms with Gasteiger partial charge in [-0.05, 0) is 49.3 Å². The normalized spacial score (nSPS) is 20.6. The molecule has 0 spiro atoms. The van der Waals surface area contributed by atoms with Crippen LogP contribution in [0.25, 0.3) is 0 Å². The van der Waals surface area contributed by atoms with Crippen molar-refractivity contribution in [1.82, 2.24) is 9.80 Å². The molecule has 1 saturated heterocycles. The number of hydrogen-bond acceptors (Lipinski definition) is 10. The fraction of sp³-hybridized carbons (Fsp3) is 0.500. The molecule has 1 aromatic carbocycles. The van der Waals surface area contributed by atoms with Crippen LogP contribution in [0.15, 0.2) is 45.6 Å². The van der Waals surface area contributed by atoms with E-state index in [9.17, 15) is 14.4 Å². The van der Waals surface area contributed by atoms with Gasteiger partial charge in [0.15, 0.2) is 5.17 Å². The van der Waals surface area contributed by atoms with E-state index < -0.39 is 12.0 Å². The number of carbonyl (C=O) groups excluding carboxylic acids is 3. The molecule has 3 heterocycles. The monoisotopic (exact) mass is 557 g/mol. The van der Waals surface area contributed by atoms with Crippen molar-refractivity contribution in [3.05, 3.63) is 46.1 Å². The van der Waals surface area contributed by atoms with Gasteiger partial charge in [-0.2, -0.15) is 0 Å². The van der Waals surface area contributed by atoms with Gasteiger partial charge in [0.2, 0.25) is 5.91 Å². The number of allylic oxidation sites excluding steroid dienone is 1. The third-order valence-corrected chi connectivity index (χ3v) is 7.93. The lowest BCUT2D eigenvalue weighted by Gasteiger charge is -2.37. The Bertz CT molecular complexity index is 1200. The maximum atomic E-state index is 13.5. The fourth-order valence-corrected chi connectivity index (χ4v) is 6.08. The van der Waals surface area contributed by atoms with Crippen LogP contribution < -0.4 is 9.47 Å². The summed E-state index contributed by atoms with van der Waals surface area (Å²) in [5.41, 5.74) is 2.48. The predicted octanol–water partition coefficient (Wildman–Crippen LogP) is 4.03. The molecular weight excluding hydrogens is 522 g/mol. The second-order valence-electron chi connectivity index (χ2n) is 9.35. The average molecular weight is 558 g/mol. The number of nitrogens with zero attached hydrogens (tertiary/aromatic N) is 3. The predicted molar refractivity (Wildman–Crippen MR) is 147 cm³/mol. The summed E-state index contributed by atoms with van der Waals surface area (Å²) < 4.78 is 21.4. The third kappa shape index (κ3) is 5.93. The number of carbonyl (C=O) groups is 3. The summed E-state index contributed by atoms with van der Waals surface area (Å²) in [7, 11) is 4.48. The van der Waals surface area contributed by atoms with Crippen LogP contribution in [0.4, 0.5) is 0 Å². The molecule has 0 aromatic heterocycles. The first kappa shape index (κ1) is 28.5. The summed E-state index contributed by atoms with van der Waals surface area (Å²) in [6.07, 6.45) is 2.06. The molecule has 39 heavy (non-hydrogen) atoms. The van der Waals surface area contributed by atoms with Crippen molar-refractivity contribution < 1.29 is 33.3 Å². The van der Waals surface area contributed by atoms with E-state index in [1.807, 2.05) is 29.4 Å². The molecule has 11 heteroatoms. The van der Waals surface area contributed by atoms with E-state index in [1.54, 1.807) is 32.1 Å². The summed E-state index contributed by atoms with van der Waals surface area (Å²) in [5.74, 6) is -0.0195. The maximum absolute atomic E-state index is 13.5. The van der Waals surface area contributed by atoms with Crippen LogP contribution in [0, 0.1) is 5.92 Å². The van der Waals surface area contributed by atoms with Crippen LogP contribution in [0.1, 0.15) is 51.1 Å². The van der Waals surface area contributed by atoms with Crippen LogP contribution in [-0.2, 0) is 23.9 Å². The molecule has 1 amide bonds. The SMILES string of the molecule is CCOC(=O)C1CCCN(C(=O)CC2=CSC3=NC(CC)=C(C(=O)OC)C(c4cc(OC)cc(OC)c4)N23)C1. The Morgan fingerprint density at radius 3 is 2.41 bits per heavy atom. The first-order valence-electron chi connectivity index (χ1n) is 13.1. The van der Waals surface area contributed by atoms with Gasteiger partial charge < -0.3 is 28.7 Å². The molecule has 3 aliphatic rings. The highest BCUT2D eigenvalue weighted by atomic mass is 32.2. The zero-order valence-corrected chi connectivity index (χ0v) is 23.8. The van der Waals surface area contributed by atoms with Gasteiger partial charge in [0, 0.05) is 24.9 Å². The smallest absolute Gasteiger partial charge is 0.338 e. The summed E-state index contributed by atoms with van der Waals surface area (Å²) in [6, 6.07) is 4.86. The van der Waals surface area contributed by atoms with Crippen molar-refractivity contribution in [2.45, 2.75) is 45.6 Å². The van der Waals surface area contributed by atoms with Crippen molar-refractivity contribution in [1.29, 1.82) is 0 Å². The fourth-order valence-electron chi connectivity index (χ4n) is 5.14. The number of methoxy groups -OCH3 is 3. The Balaban J connectivity index is 1.68. The van der Waals surface area contributed by atoms with Gasteiger partial charge in [-0.1, -0.05) is 18.7 Å². The second kappa shape index (κ2) is 12.6. The van der Waals surface area contributed by atoms with Crippen LogP contribution in [0.3, 0.4) is 0 Å². The molecule has 4 rings (SSSR count). The molecule has 0 N–H and O–H groups in total. The molecule has 1 fully saturated rings. The Morgan fingerprint density at radius 1 is 1.08 bits per heavy atom. The van der Waals surface area contributed by atoms with Crippen LogP contribution in [-0.4, -0.2) is 73.8 Å². The van der Waals surface area contributed by atoms with Gasteiger partial charge in [0.25, 0.3) is 0 Å². The van der Waals surface area contributed by atoms with Crippen molar-refractivity contribution in [2.75, 3.05) is 41.0 Å². The molecule has 0 saturated carbocycles. The zero-order chi connectivity index (χ0) is 28.1. The summed E-state index contributed by atoms with van der Waals surface area (Å²) in [4.78, 5) is 47.4. The lowest BCUT2D eigenvalue weighted by Crippen LogP contribution is -2.44. The number of rotatable bonds is 9. The molecule has 0 aliphatic carbocycles. The first-order valence-corrected chi connectivity index (χ1v) is 13.9. The molecule has 2 unspecified atom stereocenters. The van der Waals surface area contributed by atoms with E-state index in [4.69, 9.17) is 23.9 Å². The number of ether oxygens (including phenoxy) is 4. The van der Waals surface area contributed by atoms with E-state index in [-0.39, 0.29) is 24.2 Å². The standard InChI is InChI=1S/C28H35N3O7S/c1-6-22-24(27(34)37-5)25(18-11-20(35-3)14-21(12-18)36-4)31-19(16-39-28(31)29-22)13-23(32)30-10-8-9-17(15-30)26(33)38-7-2/h11-12,14,16-17,25H,6-10,13,15H2,1-5H3. The van der Waals surface area contributed by atoms with Gasteiger partial charge in [0.1, 0.15) is 11.5 Å². The Kier molecular flexibility index (Phi) is 9.21. The molecule has 210 valence electrons. The average Bonchev–Trinajstić information content (AvgIpc) is 3.37. The number of piperidine rings is 1. The first-order chi connectivity index (χ1) is 18.8. The minimum absolute atomic E-state index is 0.0923. The van der Waals surface area contributed by atoms with Crippen LogP contribution in [0.2, 0.25) is 0 Å². The Labute approximate surface area is 233 Å². The molecule has 3 aliphatic heterocycles. The highest BCUT2D eigenvalue weighted by Gasteiger charge is 2.42. The third-order valence-electron chi connectivity index (χ3n) is 7.05. The van der Waals surface area contributed by atoms with E-state index >= 15 is 0 Å². The largest absolute Gasteiger partial charge is 0.497 e. The number of likely N-dealkylation sites (tertiary alicyclic amines) is 1. The Morgan fingerprint density at radius 2 is 1.79 bits per heavy atom. The number of esters is 2. The van der Waals surface area contributed by atoms with E-state index in [0.29, 0.717) is 66.2 Å². The molecule has 2 atom stereocenters. The lowest BCUT2D eigenvalue weighted by molar-refractivity contribution is -0.151. The number of hydrogen-bond donors (Lipinski definition) is 0. The molecular formula is C28H35N3O7S. The number of benzene rings is 1. The number of aliphatic imine (C=N–C) groups is 1. The zero-order valence-electron chi connectivity index (χ0n) is 23.0. The quantitative estimate of drug-likeness (QED) is 0.416. The van der Waals surface area contributed by atoms with Crippen molar-refractivity contribution in [3.63, 3.8) is 0 Å². The molecule has 10 nitrogen and oxygen atoms in total. The highest BCUT2D eigenvalue weighted by Crippen LogP contribution is 2.46. The van der Waals surface area contributed by atoms with Crippen molar-refractivity contribution in [2.24, 2.45) is 10.9 Å². The number of amides is 1. The van der Waals surface area contributed by atoms with Gasteiger partial charge in [-0.25, -0.2) is 9.79 Å². The van der Waals surface area contributed by atoms with Crippen molar-refractivity contribution in [3.8, 4) is 11.5 Å². The molecule has 1 aromatic rings. The number of thioether (sulfide) groups is 1. The highest BCUT2D eigenvalue weighted by molar-refractivity contribution is 8.16. The van der Waals surface area contributed by atoms with Crippen molar-refractivity contribution >= 4 is 34.8 Å². The molecule has 0 bridgehead atoms. The number of amidine groups is 1. The van der Waals surface area contributed by atoms with Gasteiger partial charge >= 0.3 is 11.9 Å². The Hall–Kier alpha value is -3.47. The maximum Gasteiger partial charge on any atom is 0.338 e. The van der Waals surface area contributed by atoms with E-state index in [0.717, 1.165) is 12.0 Å². The topological polar surface area (TPSA) is 107 Å². The van der Waals surface area contributed by atoms with Gasteiger partial charge in [-0.3, -0.25) is 9.59 Å². The minimum atomic E-state index is -0.605. The van der Waals surface area contributed by atoms with Gasteiger partial charge in [-0.15, -0.1) is 0 Å². The second-order valence-corrected chi connectivity index (χ2v) is 10.2. The minimum Gasteiger partial charge on any atom is -0.497 e. The summed E-state index contributed by atoms with van der Waals surface area (Å²) in [5, 5.41) is 2.58. The van der Waals surface area contributed by atoms with Crippen LogP contribution in [0.5, 0.6) is 11.5 Å². The summed E-state index contributed by atoms with van der Waals surface area (Å²) >= 11 is 1.41. The van der Waals surface area contributed by atoms with E-state index in [2.05, 4.69) is 0 Å².